The van der Waals surface area contributed by atoms with Crippen molar-refractivity contribution in [1.29, 1.82) is 0 Å². The first-order valence-corrected chi connectivity index (χ1v) is 29.7. The molecule has 3 rings (SSSR count). The summed E-state index contributed by atoms with van der Waals surface area (Å²) in [6.45, 7) is 14.9. The maximum atomic E-state index is 6.18. The van der Waals surface area contributed by atoms with E-state index in [1.807, 2.05) is 0 Å². The van der Waals surface area contributed by atoms with Crippen molar-refractivity contribution in [3.05, 3.63) is 47.5 Å². The highest BCUT2D eigenvalue weighted by molar-refractivity contribution is 5.93. The molecule has 0 saturated carbocycles. The Morgan fingerprint density at radius 1 is 0.412 bits per heavy atom. The van der Waals surface area contributed by atoms with E-state index in [2.05, 4.69) is 83.3 Å². The van der Waals surface area contributed by atoms with Crippen LogP contribution in [-0.2, 0) is 0 Å². The molecule has 2 aromatic carbocycles. The second kappa shape index (κ2) is 41.0. The van der Waals surface area contributed by atoms with Gasteiger partial charge in [0.1, 0.15) is 11.5 Å². The highest BCUT2D eigenvalue weighted by Crippen LogP contribution is 2.28. The van der Waals surface area contributed by atoms with Gasteiger partial charge in [-0.05, 0) is 107 Å². The van der Waals surface area contributed by atoms with Gasteiger partial charge in [0, 0.05) is 23.5 Å². The fraction of sp³-hybridized carbons (Fsp3) is 0.778. The lowest BCUT2D eigenvalue weighted by Crippen LogP contribution is -2.49. The molecule has 0 spiro atoms. The molecule has 1 heterocycles. The summed E-state index contributed by atoms with van der Waals surface area (Å²) >= 11 is 0. The van der Waals surface area contributed by atoms with E-state index in [0.29, 0.717) is 0 Å². The molecular weight excluding hydrogens is 831 g/mol. The first kappa shape index (κ1) is 59.6. The molecule has 2 aromatic rings. The van der Waals surface area contributed by atoms with Gasteiger partial charge in [-0.3, -0.25) is 9.98 Å². The molecule has 0 amide bonds. The van der Waals surface area contributed by atoms with Crippen LogP contribution in [0.25, 0.3) is 0 Å². The number of nitrogens with zero attached hydrogens (tertiary/aromatic N) is 2. The SMILES string of the molecule is CCCCCCCCCCCCCCCCCCCCOc1ccc(N=C(C)C2CCCC(C(C)=Nc3ccc(OCCCCCCCCCCCCCCCCCCCC)cc3C)N2)c(C)c1. The van der Waals surface area contributed by atoms with E-state index < -0.39 is 0 Å². The van der Waals surface area contributed by atoms with E-state index in [1.165, 1.54) is 236 Å². The molecule has 1 aliphatic rings. The van der Waals surface area contributed by atoms with Crippen LogP contribution in [0.4, 0.5) is 11.4 Å². The van der Waals surface area contributed by atoms with E-state index in [0.717, 1.165) is 73.2 Å². The smallest absolute Gasteiger partial charge is 0.119 e. The highest BCUT2D eigenvalue weighted by atomic mass is 16.5. The lowest BCUT2D eigenvalue weighted by Gasteiger charge is -2.31. The first-order valence-electron chi connectivity index (χ1n) is 29.7. The third-order valence-electron chi connectivity index (χ3n) is 14.9. The van der Waals surface area contributed by atoms with Gasteiger partial charge in [-0.2, -0.15) is 0 Å². The molecule has 1 aliphatic heterocycles. The molecule has 2 atom stereocenters. The monoisotopic (exact) mass is 940 g/mol. The van der Waals surface area contributed by atoms with Gasteiger partial charge in [0.25, 0.3) is 0 Å². The number of rotatable bonds is 44. The van der Waals surface area contributed by atoms with Crippen molar-refractivity contribution in [2.24, 2.45) is 9.98 Å². The van der Waals surface area contributed by atoms with Gasteiger partial charge < -0.3 is 14.8 Å². The Kier molecular flexibility index (Phi) is 36.0. The van der Waals surface area contributed by atoms with E-state index in [4.69, 9.17) is 19.5 Å². The summed E-state index contributed by atoms with van der Waals surface area (Å²) in [6, 6.07) is 13.3. The minimum atomic E-state index is 0.245. The second-order valence-corrected chi connectivity index (χ2v) is 21.3. The lowest BCUT2D eigenvalue weighted by atomic mass is 9.93. The van der Waals surface area contributed by atoms with Gasteiger partial charge >= 0.3 is 0 Å². The summed E-state index contributed by atoms with van der Waals surface area (Å²) in [5, 5.41) is 3.90. The van der Waals surface area contributed by atoms with Gasteiger partial charge in [-0.15, -0.1) is 0 Å². The van der Waals surface area contributed by atoms with E-state index in [1.54, 1.807) is 0 Å². The maximum absolute atomic E-state index is 6.18. The van der Waals surface area contributed by atoms with Crippen LogP contribution in [0.5, 0.6) is 11.5 Å². The van der Waals surface area contributed by atoms with Crippen molar-refractivity contribution < 1.29 is 9.47 Å². The number of nitrogens with one attached hydrogen (secondary N) is 1. The van der Waals surface area contributed by atoms with Crippen molar-refractivity contribution in [2.75, 3.05) is 13.2 Å². The Morgan fingerprint density at radius 3 is 0.941 bits per heavy atom. The third kappa shape index (κ3) is 29.5. The number of unbranched alkanes of at least 4 members (excludes halogenated alkanes) is 34. The van der Waals surface area contributed by atoms with Gasteiger partial charge in [0.15, 0.2) is 0 Å². The second-order valence-electron chi connectivity index (χ2n) is 21.3. The highest BCUT2D eigenvalue weighted by Gasteiger charge is 2.25. The Hall–Kier alpha value is -2.66. The average Bonchev–Trinajstić information content (AvgIpc) is 3.34. The van der Waals surface area contributed by atoms with Crippen molar-refractivity contribution in [2.45, 2.75) is 304 Å². The minimum Gasteiger partial charge on any atom is -0.494 e. The molecule has 2 unspecified atom stereocenters. The fourth-order valence-corrected chi connectivity index (χ4v) is 10.2. The number of hydrogen-bond donors (Lipinski definition) is 1. The maximum Gasteiger partial charge on any atom is 0.119 e. The normalized spacial score (nSPS) is 15.6. The zero-order valence-electron chi connectivity index (χ0n) is 45.8. The molecule has 5 heteroatoms. The van der Waals surface area contributed by atoms with Crippen LogP contribution in [0, 0.1) is 13.8 Å². The molecular formula is C63H109N3O2. The van der Waals surface area contributed by atoms with Crippen molar-refractivity contribution in [3.63, 3.8) is 0 Å². The Bertz CT molecular complexity index is 1450. The van der Waals surface area contributed by atoms with E-state index in [9.17, 15) is 0 Å². The predicted molar refractivity (Wildman–Crippen MR) is 301 cm³/mol. The summed E-state index contributed by atoms with van der Waals surface area (Å²) in [5.41, 5.74) is 6.70. The van der Waals surface area contributed by atoms with Gasteiger partial charge in [-0.25, -0.2) is 0 Å². The lowest BCUT2D eigenvalue weighted by molar-refractivity contribution is 0.304. The summed E-state index contributed by atoms with van der Waals surface area (Å²) < 4.78 is 12.4. The number of aryl methyl sites for hydroxylation is 2. The van der Waals surface area contributed by atoms with Crippen LogP contribution >= 0.6 is 0 Å². The third-order valence-corrected chi connectivity index (χ3v) is 14.9. The number of benzene rings is 2. The van der Waals surface area contributed by atoms with Gasteiger partial charge in [0.2, 0.25) is 0 Å². The van der Waals surface area contributed by atoms with Crippen molar-refractivity contribution in [1.82, 2.24) is 5.32 Å². The minimum absolute atomic E-state index is 0.245. The molecule has 5 nitrogen and oxygen atoms in total. The van der Waals surface area contributed by atoms with Crippen LogP contribution in [0.1, 0.15) is 289 Å². The Balaban J connectivity index is 1.22. The molecule has 1 saturated heterocycles. The molecule has 0 aliphatic carbocycles. The number of piperidine rings is 1. The van der Waals surface area contributed by atoms with Crippen molar-refractivity contribution >= 4 is 22.8 Å². The molecule has 388 valence electrons. The molecule has 68 heavy (non-hydrogen) atoms. The molecule has 0 radical (unpaired) electrons. The molecule has 0 bridgehead atoms. The van der Waals surface area contributed by atoms with E-state index in [-0.39, 0.29) is 12.1 Å². The Morgan fingerprint density at radius 2 is 0.676 bits per heavy atom. The number of hydrogen-bond acceptors (Lipinski definition) is 5. The fourth-order valence-electron chi connectivity index (χ4n) is 10.2. The predicted octanol–water partition coefficient (Wildman–Crippen LogP) is 20.5. The summed E-state index contributed by atoms with van der Waals surface area (Å²) in [5.74, 6) is 1.92. The Labute approximate surface area is 422 Å². The van der Waals surface area contributed by atoms with Gasteiger partial charge in [-0.1, -0.05) is 232 Å². The zero-order valence-corrected chi connectivity index (χ0v) is 45.8. The van der Waals surface area contributed by atoms with Crippen LogP contribution in [0.2, 0.25) is 0 Å². The van der Waals surface area contributed by atoms with Crippen LogP contribution in [0.3, 0.4) is 0 Å². The first-order chi connectivity index (χ1) is 33.4. The quantitative estimate of drug-likeness (QED) is 0.0532. The van der Waals surface area contributed by atoms with Crippen LogP contribution in [0.15, 0.2) is 46.4 Å². The van der Waals surface area contributed by atoms with Crippen LogP contribution < -0.4 is 14.8 Å². The molecule has 1 N–H and O–H groups in total. The summed E-state index contributed by atoms with van der Waals surface area (Å²) in [4.78, 5) is 10.3. The standard InChI is InChI=1S/C63H109N3O2/c1-7-9-11-13-15-17-19-21-23-25-27-29-31-33-35-37-39-41-50-67-58-46-48-60(54(3)52-58)64-56(5)62-44-43-45-63(66-62)57(6)65-61-49-47-59(53-55(61)4)68-51-42-40-38-36-34-32-30-28-26-24-22-20-18-16-14-12-10-8-2/h46-49,52-53,62-63,66H,7-45,50-51H2,1-6H3. The molecule has 0 aromatic heterocycles. The van der Waals surface area contributed by atoms with Crippen molar-refractivity contribution in [3.8, 4) is 11.5 Å². The topological polar surface area (TPSA) is 55.2 Å². The van der Waals surface area contributed by atoms with Crippen LogP contribution in [-0.4, -0.2) is 36.7 Å². The van der Waals surface area contributed by atoms with Gasteiger partial charge in [0.05, 0.1) is 24.6 Å². The van der Waals surface area contributed by atoms with E-state index >= 15 is 0 Å². The zero-order chi connectivity index (χ0) is 48.5. The summed E-state index contributed by atoms with van der Waals surface area (Å²) in [6.07, 6.45) is 53.7. The summed E-state index contributed by atoms with van der Waals surface area (Å²) in [7, 11) is 0. The largest absolute Gasteiger partial charge is 0.494 e. The molecule has 1 fully saturated rings. The average molecular weight is 941 g/mol. The number of aliphatic imine (C=N–C) groups is 2. The number of ether oxygens (including phenoxy) is 2.